The number of hydrogen-bond acceptors (Lipinski definition) is 8. The number of carbonyl (C=O) groups excluding carboxylic acids is 2. The number of aliphatic hydroxyl groups is 1. The zero-order valence-corrected chi connectivity index (χ0v) is 18.9. The number of methoxy groups -OCH3 is 1. The second-order valence-corrected chi connectivity index (χ2v) is 9.18. The van der Waals surface area contributed by atoms with Crippen LogP contribution < -0.4 is 10.1 Å². The Morgan fingerprint density at radius 1 is 1.24 bits per heavy atom. The first-order chi connectivity index (χ1) is 15.9. The van der Waals surface area contributed by atoms with Crippen molar-refractivity contribution < 1.29 is 24.2 Å². The van der Waals surface area contributed by atoms with E-state index >= 15 is 0 Å². The topological polar surface area (TPSA) is 114 Å². The lowest BCUT2D eigenvalue weighted by molar-refractivity contribution is -0.200. The van der Waals surface area contributed by atoms with Gasteiger partial charge in [-0.1, -0.05) is 29.5 Å². The summed E-state index contributed by atoms with van der Waals surface area (Å²) in [5, 5.41) is 13.5. The number of pyridine rings is 1. The highest BCUT2D eigenvalue weighted by atomic mass is 32.1. The van der Waals surface area contributed by atoms with E-state index in [0.29, 0.717) is 35.1 Å². The molecule has 2 aromatic heterocycles. The van der Waals surface area contributed by atoms with Crippen LogP contribution in [0.2, 0.25) is 0 Å². The number of fused-ring (bicyclic) bond motifs is 1. The predicted octanol–water partition coefficient (Wildman–Crippen LogP) is 2.38. The number of nitrogens with zero attached hydrogens (tertiary/aromatic N) is 3. The van der Waals surface area contributed by atoms with Crippen LogP contribution in [0.3, 0.4) is 0 Å². The van der Waals surface area contributed by atoms with Crippen LogP contribution in [-0.4, -0.2) is 57.7 Å². The number of ether oxygens (including phenoxy) is 2. The molecule has 1 saturated heterocycles. The molecule has 9 nitrogen and oxygen atoms in total. The molecule has 10 heteroatoms. The number of anilines is 1. The third-order valence-electron chi connectivity index (χ3n) is 5.72. The van der Waals surface area contributed by atoms with Gasteiger partial charge in [-0.05, 0) is 19.1 Å². The molecule has 5 rings (SSSR count). The molecule has 1 fully saturated rings. The first kappa shape index (κ1) is 21.5. The number of rotatable bonds is 5. The zero-order valence-electron chi connectivity index (χ0n) is 18.1. The van der Waals surface area contributed by atoms with Crippen LogP contribution in [0.4, 0.5) is 5.13 Å². The monoisotopic (exact) mass is 466 g/mol. The highest BCUT2D eigenvalue weighted by Crippen LogP contribution is 2.35. The van der Waals surface area contributed by atoms with Gasteiger partial charge in [0.1, 0.15) is 5.75 Å². The van der Waals surface area contributed by atoms with E-state index in [1.54, 1.807) is 18.2 Å². The molecular weight excluding hydrogens is 444 g/mol. The maximum atomic E-state index is 13.2. The SMILES string of the molecule is COc1ccccc1-c1cc(C)ncc1C(=O)Nc1nc2c(s1)CN(C(=O)C1(O)COC1)C2. The number of aromatic nitrogens is 2. The minimum absolute atomic E-state index is 0.0177. The van der Waals surface area contributed by atoms with Crippen molar-refractivity contribution in [3.05, 3.63) is 58.4 Å². The second-order valence-electron chi connectivity index (χ2n) is 8.10. The van der Waals surface area contributed by atoms with Crippen LogP contribution in [0.25, 0.3) is 11.1 Å². The Hall–Kier alpha value is -3.34. The Bertz CT molecular complexity index is 1230. The van der Waals surface area contributed by atoms with Crippen molar-refractivity contribution in [1.29, 1.82) is 0 Å². The average Bonchev–Trinajstić information content (AvgIpc) is 3.35. The summed E-state index contributed by atoms with van der Waals surface area (Å²) in [6.07, 6.45) is 1.55. The third kappa shape index (κ3) is 3.86. The van der Waals surface area contributed by atoms with Crippen molar-refractivity contribution in [2.75, 3.05) is 25.6 Å². The summed E-state index contributed by atoms with van der Waals surface area (Å²) < 4.78 is 10.5. The first-order valence-corrected chi connectivity index (χ1v) is 11.2. The Kier molecular flexibility index (Phi) is 5.35. The van der Waals surface area contributed by atoms with Gasteiger partial charge in [0.15, 0.2) is 10.7 Å². The lowest BCUT2D eigenvalue weighted by atomic mass is 9.99. The van der Waals surface area contributed by atoms with Gasteiger partial charge in [-0.25, -0.2) is 4.98 Å². The molecule has 0 bridgehead atoms. The van der Waals surface area contributed by atoms with E-state index in [4.69, 9.17) is 9.47 Å². The first-order valence-electron chi connectivity index (χ1n) is 10.4. The van der Waals surface area contributed by atoms with Gasteiger partial charge in [0.25, 0.3) is 11.8 Å². The molecule has 4 heterocycles. The summed E-state index contributed by atoms with van der Waals surface area (Å²) >= 11 is 1.32. The summed E-state index contributed by atoms with van der Waals surface area (Å²) in [6, 6.07) is 9.36. The van der Waals surface area contributed by atoms with Crippen LogP contribution in [0.5, 0.6) is 5.75 Å². The third-order valence-corrected chi connectivity index (χ3v) is 6.72. The predicted molar refractivity (Wildman–Crippen MR) is 121 cm³/mol. The molecule has 3 aromatic rings. The van der Waals surface area contributed by atoms with E-state index in [2.05, 4.69) is 15.3 Å². The highest BCUT2D eigenvalue weighted by Gasteiger charge is 2.47. The standard InChI is InChI=1S/C23H22N4O5S/c1-13-7-15(14-5-3-4-6-18(14)31-2)16(8-24-13)20(28)26-22-25-17-9-27(10-19(17)33-22)21(29)23(30)11-32-12-23/h3-8,30H,9-12H2,1-2H3,(H,25,26,28). The summed E-state index contributed by atoms with van der Waals surface area (Å²) in [7, 11) is 1.59. The molecule has 1 aromatic carbocycles. The van der Waals surface area contributed by atoms with E-state index in [1.165, 1.54) is 11.3 Å². The van der Waals surface area contributed by atoms with E-state index in [9.17, 15) is 14.7 Å². The summed E-state index contributed by atoms with van der Waals surface area (Å²) in [4.78, 5) is 36.9. The van der Waals surface area contributed by atoms with Gasteiger partial charge in [0.2, 0.25) is 0 Å². The molecule has 0 radical (unpaired) electrons. The molecule has 170 valence electrons. The number of amides is 2. The molecule has 33 heavy (non-hydrogen) atoms. The molecule has 0 saturated carbocycles. The lowest BCUT2D eigenvalue weighted by Crippen LogP contribution is -2.60. The van der Waals surface area contributed by atoms with Gasteiger partial charge in [0, 0.05) is 23.0 Å². The Labute approximate surface area is 194 Å². The lowest BCUT2D eigenvalue weighted by Gasteiger charge is -2.37. The molecule has 2 aliphatic rings. The average molecular weight is 467 g/mol. The number of para-hydroxylation sites is 1. The fraction of sp³-hybridized carbons (Fsp3) is 0.304. The second kappa shape index (κ2) is 8.22. The zero-order chi connectivity index (χ0) is 23.2. The minimum Gasteiger partial charge on any atom is -0.496 e. The van der Waals surface area contributed by atoms with Crippen LogP contribution in [-0.2, 0) is 22.6 Å². The van der Waals surface area contributed by atoms with E-state index < -0.39 is 5.60 Å². The number of carbonyl (C=O) groups is 2. The summed E-state index contributed by atoms with van der Waals surface area (Å²) in [5.41, 5.74) is 1.99. The maximum absolute atomic E-state index is 13.2. The van der Waals surface area contributed by atoms with Crippen LogP contribution >= 0.6 is 11.3 Å². The fourth-order valence-corrected chi connectivity index (χ4v) is 4.93. The molecule has 0 atom stereocenters. The highest BCUT2D eigenvalue weighted by molar-refractivity contribution is 7.16. The van der Waals surface area contributed by atoms with Crippen molar-refractivity contribution in [3.8, 4) is 16.9 Å². The van der Waals surface area contributed by atoms with Crippen molar-refractivity contribution in [1.82, 2.24) is 14.9 Å². The number of hydrogen-bond donors (Lipinski definition) is 2. The van der Waals surface area contributed by atoms with Crippen molar-refractivity contribution in [2.24, 2.45) is 0 Å². The molecular formula is C23H22N4O5S. The molecule has 0 aliphatic carbocycles. The molecule has 2 N–H and O–H groups in total. The van der Waals surface area contributed by atoms with Gasteiger partial charge in [-0.3, -0.25) is 19.9 Å². The number of nitrogens with one attached hydrogen (secondary N) is 1. The van der Waals surface area contributed by atoms with Gasteiger partial charge in [-0.15, -0.1) is 0 Å². The number of thiazole rings is 1. The van der Waals surface area contributed by atoms with Crippen molar-refractivity contribution >= 4 is 28.3 Å². The van der Waals surface area contributed by atoms with Gasteiger partial charge >= 0.3 is 0 Å². The maximum Gasteiger partial charge on any atom is 0.260 e. The smallest absolute Gasteiger partial charge is 0.260 e. The van der Waals surface area contributed by atoms with E-state index in [0.717, 1.165) is 21.8 Å². The van der Waals surface area contributed by atoms with Gasteiger partial charge in [0.05, 0.1) is 49.5 Å². The van der Waals surface area contributed by atoms with Crippen molar-refractivity contribution in [3.63, 3.8) is 0 Å². The van der Waals surface area contributed by atoms with Crippen LogP contribution in [0.15, 0.2) is 36.5 Å². The normalized spacial score (nSPS) is 16.2. The van der Waals surface area contributed by atoms with Crippen molar-refractivity contribution in [2.45, 2.75) is 25.6 Å². The van der Waals surface area contributed by atoms with Gasteiger partial charge < -0.3 is 19.5 Å². The number of aryl methyl sites for hydroxylation is 1. The summed E-state index contributed by atoms with van der Waals surface area (Å²) in [6.45, 7) is 2.54. The Balaban J connectivity index is 1.35. The quantitative estimate of drug-likeness (QED) is 0.593. The largest absolute Gasteiger partial charge is 0.496 e. The van der Waals surface area contributed by atoms with E-state index in [1.807, 2.05) is 37.3 Å². The van der Waals surface area contributed by atoms with Gasteiger partial charge in [-0.2, -0.15) is 0 Å². The van der Waals surface area contributed by atoms with Crippen LogP contribution in [0, 0.1) is 6.92 Å². The fourth-order valence-electron chi connectivity index (χ4n) is 3.95. The molecule has 0 spiro atoms. The molecule has 2 aliphatic heterocycles. The Morgan fingerprint density at radius 3 is 2.73 bits per heavy atom. The number of benzene rings is 1. The van der Waals surface area contributed by atoms with E-state index in [-0.39, 0.29) is 25.0 Å². The van der Waals surface area contributed by atoms with Crippen LogP contribution in [0.1, 0.15) is 26.6 Å². The molecule has 2 amide bonds. The Morgan fingerprint density at radius 2 is 2.03 bits per heavy atom. The summed E-state index contributed by atoms with van der Waals surface area (Å²) in [5.74, 6) is -0.0185. The minimum atomic E-state index is -1.43. The molecule has 0 unspecified atom stereocenters.